The van der Waals surface area contributed by atoms with Gasteiger partial charge in [0.25, 0.3) is 0 Å². The SMILES string of the molecule is CC/C=C\C/C=C\C/C=C\C/C=C\CCCCCCCCC(=O)OCC(COC(=O)CCCCCCC/C=C\CCCCC)OC(=O)CCCCCCCCC/C=C\C/C=C\CC. The summed E-state index contributed by atoms with van der Waals surface area (Å²) in [4.78, 5) is 38.0. The Bertz CT molecular complexity index is 1240. The maximum absolute atomic E-state index is 12.8. The third-order valence-corrected chi connectivity index (χ3v) is 10.9. The lowest BCUT2D eigenvalue weighted by Gasteiger charge is -2.18. The Morgan fingerprint density at radius 3 is 0.984 bits per heavy atom. The van der Waals surface area contributed by atoms with Crippen molar-refractivity contribution in [1.82, 2.24) is 0 Å². The molecule has 0 aromatic carbocycles. The van der Waals surface area contributed by atoms with Gasteiger partial charge in [0.2, 0.25) is 0 Å². The van der Waals surface area contributed by atoms with Gasteiger partial charge in [0.1, 0.15) is 13.2 Å². The lowest BCUT2D eigenvalue weighted by Crippen LogP contribution is -2.30. The number of unbranched alkanes of at least 4 members (excludes halogenated alkanes) is 21. The Labute approximate surface area is 388 Å². The molecule has 0 heterocycles. The predicted octanol–water partition coefficient (Wildman–Crippen LogP) is 17.2. The summed E-state index contributed by atoms with van der Waals surface area (Å²) in [5, 5.41) is 0. The van der Waals surface area contributed by atoms with E-state index in [1.807, 2.05) is 0 Å². The lowest BCUT2D eigenvalue weighted by molar-refractivity contribution is -0.167. The van der Waals surface area contributed by atoms with E-state index in [0.29, 0.717) is 19.3 Å². The van der Waals surface area contributed by atoms with Gasteiger partial charge < -0.3 is 14.2 Å². The molecule has 0 saturated heterocycles. The van der Waals surface area contributed by atoms with Crippen LogP contribution in [0, 0.1) is 0 Å². The summed E-state index contributed by atoms with van der Waals surface area (Å²) in [5.74, 6) is -0.921. The summed E-state index contributed by atoms with van der Waals surface area (Å²) in [6.07, 6.45) is 65.6. The first-order valence-corrected chi connectivity index (χ1v) is 26.1. The molecule has 1 unspecified atom stereocenters. The second-order valence-electron chi connectivity index (χ2n) is 17.0. The van der Waals surface area contributed by atoms with Crippen molar-refractivity contribution in [2.45, 2.75) is 245 Å². The fourth-order valence-electron chi connectivity index (χ4n) is 6.99. The van der Waals surface area contributed by atoms with Gasteiger partial charge in [-0.2, -0.15) is 0 Å². The van der Waals surface area contributed by atoms with Crippen molar-refractivity contribution in [2.75, 3.05) is 13.2 Å². The Morgan fingerprint density at radius 2 is 0.619 bits per heavy atom. The topological polar surface area (TPSA) is 78.9 Å². The zero-order chi connectivity index (χ0) is 45.8. The quantitative estimate of drug-likeness (QED) is 0.0262. The molecule has 1 atom stereocenters. The van der Waals surface area contributed by atoms with E-state index >= 15 is 0 Å². The smallest absolute Gasteiger partial charge is 0.306 e. The summed E-state index contributed by atoms with van der Waals surface area (Å²) in [6.45, 7) is 6.37. The molecule has 0 aliphatic heterocycles. The van der Waals surface area contributed by atoms with Crippen LogP contribution in [0.2, 0.25) is 0 Å². The zero-order valence-electron chi connectivity index (χ0n) is 41.1. The Hall–Kier alpha value is -3.41. The number of ether oxygens (including phenoxy) is 3. The molecule has 0 spiro atoms. The van der Waals surface area contributed by atoms with Crippen molar-refractivity contribution < 1.29 is 28.6 Å². The Kier molecular flexibility index (Phi) is 48.5. The highest BCUT2D eigenvalue weighted by Gasteiger charge is 2.19. The van der Waals surface area contributed by atoms with Crippen molar-refractivity contribution >= 4 is 17.9 Å². The van der Waals surface area contributed by atoms with Gasteiger partial charge in [0.15, 0.2) is 6.10 Å². The highest BCUT2D eigenvalue weighted by Crippen LogP contribution is 2.14. The van der Waals surface area contributed by atoms with Crippen LogP contribution >= 0.6 is 0 Å². The molecule has 0 radical (unpaired) electrons. The van der Waals surface area contributed by atoms with Crippen molar-refractivity contribution in [3.63, 3.8) is 0 Å². The van der Waals surface area contributed by atoms with Crippen LogP contribution in [0.15, 0.2) is 85.1 Å². The molecular weight excluding hydrogens is 781 g/mol. The monoisotopic (exact) mass is 877 g/mol. The molecule has 0 bridgehead atoms. The third kappa shape index (κ3) is 49.5. The van der Waals surface area contributed by atoms with Gasteiger partial charge in [-0.1, -0.05) is 196 Å². The Morgan fingerprint density at radius 1 is 0.333 bits per heavy atom. The fourth-order valence-corrected chi connectivity index (χ4v) is 6.99. The number of esters is 3. The minimum Gasteiger partial charge on any atom is -0.462 e. The molecule has 0 saturated carbocycles. The minimum atomic E-state index is -0.790. The standard InChI is InChI=1S/C57H96O6/c1-4-7-10-13-16-19-22-25-27-28-29-30-31-33-35-38-41-44-47-50-56(59)62-53-54(52-61-55(58)49-46-43-40-37-34-24-21-18-15-12-9-6-3)63-57(60)51-48-45-42-39-36-32-26-23-20-17-14-11-8-5-2/h7-8,10-11,16-21,25,27,29-30,54H,4-6,9,12-15,22-24,26,28,31-53H2,1-3H3/b10-7-,11-8-,19-16-,20-17-,21-18-,27-25-,30-29-. The molecule has 0 amide bonds. The van der Waals surface area contributed by atoms with Crippen molar-refractivity contribution in [3.8, 4) is 0 Å². The van der Waals surface area contributed by atoms with E-state index in [1.165, 1.54) is 77.0 Å². The summed E-state index contributed by atoms with van der Waals surface area (Å²) >= 11 is 0. The fraction of sp³-hybridized carbons (Fsp3) is 0.702. The summed E-state index contributed by atoms with van der Waals surface area (Å²) < 4.78 is 16.8. The van der Waals surface area contributed by atoms with E-state index in [-0.39, 0.29) is 31.1 Å². The second kappa shape index (κ2) is 51.2. The maximum Gasteiger partial charge on any atom is 0.306 e. The van der Waals surface area contributed by atoms with Gasteiger partial charge in [0, 0.05) is 19.3 Å². The van der Waals surface area contributed by atoms with Crippen LogP contribution in [-0.4, -0.2) is 37.2 Å². The molecule has 6 heteroatoms. The zero-order valence-corrected chi connectivity index (χ0v) is 41.1. The summed E-state index contributed by atoms with van der Waals surface area (Å²) in [5.41, 5.74) is 0. The minimum absolute atomic E-state index is 0.0893. The largest absolute Gasteiger partial charge is 0.462 e. The van der Waals surface area contributed by atoms with E-state index in [1.54, 1.807) is 0 Å². The van der Waals surface area contributed by atoms with E-state index in [2.05, 4.69) is 106 Å². The van der Waals surface area contributed by atoms with Crippen LogP contribution in [-0.2, 0) is 28.6 Å². The van der Waals surface area contributed by atoms with Crippen molar-refractivity contribution in [3.05, 3.63) is 85.1 Å². The number of hydrogen-bond acceptors (Lipinski definition) is 6. The third-order valence-electron chi connectivity index (χ3n) is 10.9. The molecule has 0 aliphatic rings. The lowest BCUT2D eigenvalue weighted by atomic mass is 10.1. The van der Waals surface area contributed by atoms with E-state index < -0.39 is 6.10 Å². The first-order chi connectivity index (χ1) is 31.0. The second-order valence-corrected chi connectivity index (χ2v) is 17.0. The molecule has 0 fully saturated rings. The first kappa shape index (κ1) is 59.6. The van der Waals surface area contributed by atoms with Crippen LogP contribution in [0.5, 0.6) is 0 Å². The molecular formula is C57H96O6. The molecule has 63 heavy (non-hydrogen) atoms. The molecule has 360 valence electrons. The highest BCUT2D eigenvalue weighted by molar-refractivity contribution is 5.71. The van der Waals surface area contributed by atoms with Crippen LogP contribution < -0.4 is 0 Å². The number of allylic oxidation sites excluding steroid dienone is 14. The van der Waals surface area contributed by atoms with Crippen molar-refractivity contribution in [2.24, 2.45) is 0 Å². The van der Waals surface area contributed by atoms with E-state index in [4.69, 9.17) is 14.2 Å². The average Bonchev–Trinajstić information content (AvgIpc) is 3.28. The average molecular weight is 877 g/mol. The molecule has 0 rings (SSSR count). The van der Waals surface area contributed by atoms with Gasteiger partial charge in [-0.3, -0.25) is 14.4 Å². The van der Waals surface area contributed by atoms with Gasteiger partial charge in [-0.15, -0.1) is 0 Å². The van der Waals surface area contributed by atoms with Crippen LogP contribution in [0.4, 0.5) is 0 Å². The molecule has 6 nitrogen and oxygen atoms in total. The molecule has 0 aromatic heterocycles. The summed E-state index contributed by atoms with van der Waals surface area (Å²) in [6, 6.07) is 0. The normalized spacial score (nSPS) is 12.7. The maximum atomic E-state index is 12.8. The first-order valence-electron chi connectivity index (χ1n) is 26.1. The number of carbonyl (C=O) groups is 3. The molecule has 0 aliphatic carbocycles. The summed E-state index contributed by atoms with van der Waals surface area (Å²) in [7, 11) is 0. The van der Waals surface area contributed by atoms with Gasteiger partial charge in [0.05, 0.1) is 0 Å². The molecule has 0 aromatic rings. The number of carbonyl (C=O) groups excluding carboxylic acids is 3. The number of rotatable bonds is 46. The van der Waals surface area contributed by atoms with Crippen LogP contribution in [0.1, 0.15) is 239 Å². The van der Waals surface area contributed by atoms with Crippen LogP contribution in [0.25, 0.3) is 0 Å². The molecule has 0 N–H and O–H groups in total. The van der Waals surface area contributed by atoms with Crippen LogP contribution in [0.3, 0.4) is 0 Å². The number of hydrogen-bond donors (Lipinski definition) is 0. The van der Waals surface area contributed by atoms with Gasteiger partial charge in [-0.25, -0.2) is 0 Å². The van der Waals surface area contributed by atoms with Gasteiger partial charge >= 0.3 is 17.9 Å². The Balaban J connectivity index is 4.40. The predicted molar refractivity (Wildman–Crippen MR) is 270 cm³/mol. The highest BCUT2D eigenvalue weighted by atomic mass is 16.6. The van der Waals surface area contributed by atoms with E-state index in [0.717, 1.165) is 122 Å². The van der Waals surface area contributed by atoms with E-state index in [9.17, 15) is 14.4 Å². The van der Waals surface area contributed by atoms with Crippen molar-refractivity contribution in [1.29, 1.82) is 0 Å². The van der Waals surface area contributed by atoms with Gasteiger partial charge in [-0.05, 0) is 109 Å².